The van der Waals surface area contributed by atoms with Gasteiger partial charge in [0.15, 0.2) is 0 Å². The van der Waals surface area contributed by atoms with Crippen molar-refractivity contribution in [3.63, 3.8) is 0 Å². The highest BCUT2D eigenvalue weighted by atomic mass is 19.1. The third-order valence-corrected chi connectivity index (χ3v) is 4.49. The summed E-state index contributed by atoms with van der Waals surface area (Å²) in [7, 11) is 1.63. The predicted molar refractivity (Wildman–Crippen MR) is 107 cm³/mol. The van der Waals surface area contributed by atoms with Gasteiger partial charge in [0.1, 0.15) is 11.5 Å². The Hall–Kier alpha value is -2.99. The van der Waals surface area contributed by atoms with Crippen LogP contribution in [0.15, 0.2) is 48.5 Å². The highest BCUT2D eigenvalue weighted by Crippen LogP contribution is 2.24. The number of methoxy groups -OCH3 is 1. The molecule has 5 nitrogen and oxygen atoms in total. The summed E-state index contributed by atoms with van der Waals surface area (Å²) in [5, 5.41) is 7.57. The van der Waals surface area contributed by atoms with E-state index in [9.17, 15) is 9.18 Å². The number of carbonyl (C=O) groups is 1. The highest BCUT2D eigenvalue weighted by molar-refractivity contribution is 5.94. The van der Waals surface area contributed by atoms with Gasteiger partial charge in [0.25, 0.3) is 5.91 Å². The van der Waals surface area contributed by atoms with Gasteiger partial charge in [-0.25, -0.2) is 9.07 Å². The van der Waals surface area contributed by atoms with E-state index in [1.54, 1.807) is 30.0 Å². The first kappa shape index (κ1) is 19.8. The van der Waals surface area contributed by atoms with Crippen LogP contribution in [0.25, 0.3) is 16.9 Å². The molecule has 1 aromatic heterocycles. The minimum Gasteiger partial charge on any atom is -0.385 e. The van der Waals surface area contributed by atoms with E-state index in [1.165, 1.54) is 12.1 Å². The Kier molecular flexibility index (Phi) is 6.21. The molecule has 0 saturated carbocycles. The molecule has 6 heteroatoms. The van der Waals surface area contributed by atoms with Crippen molar-refractivity contribution in [1.82, 2.24) is 15.1 Å². The summed E-state index contributed by atoms with van der Waals surface area (Å²) < 4.78 is 20.0. The van der Waals surface area contributed by atoms with Crippen LogP contribution < -0.4 is 5.32 Å². The lowest BCUT2D eigenvalue weighted by molar-refractivity contribution is 0.0941. The molecule has 3 rings (SSSR count). The van der Waals surface area contributed by atoms with Gasteiger partial charge in [0, 0.05) is 25.8 Å². The molecule has 1 heterocycles. The molecule has 146 valence electrons. The van der Waals surface area contributed by atoms with E-state index in [4.69, 9.17) is 4.74 Å². The average molecular weight is 381 g/mol. The van der Waals surface area contributed by atoms with Crippen molar-refractivity contribution in [3.05, 3.63) is 71.2 Å². The minimum absolute atomic E-state index is 0.210. The Morgan fingerprint density at radius 2 is 1.89 bits per heavy atom. The van der Waals surface area contributed by atoms with Crippen molar-refractivity contribution in [3.8, 4) is 16.9 Å². The molecule has 2 aromatic carbocycles. The molecule has 0 spiro atoms. The van der Waals surface area contributed by atoms with Gasteiger partial charge < -0.3 is 10.1 Å². The number of hydrogen-bond donors (Lipinski definition) is 1. The topological polar surface area (TPSA) is 56.1 Å². The largest absolute Gasteiger partial charge is 0.385 e. The zero-order chi connectivity index (χ0) is 20.1. The van der Waals surface area contributed by atoms with E-state index in [2.05, 4.69) is 10.4 Å². The number of nitrogens with one attached hydrogen (secondary N) is 1. The summed E-state index contributed by atoms with van der Waals surface area (Å²) in [6.45, 7) is 5.07. The molecule has 0 aliphatic heterocycles. The van der Waals surface area contributed by atoms with Crippen LogP contribution in [-0.4, -0.2) is 35.9 Å². The van der Waals surface area contributed by atoms with Gasteiger partial charge >= 0.3 is 0 Å². The fourth-order valence-electron chi connectivity index (χ4n) is 2.94. The molecule has 0 unspecified atom stereocenters. The van der Waals surface area contributed by atoms with Crippen molar-refractivity contribution in [2.24, 2.45) is 0 Å². The Labute approximate surface area is 164 Å². The van der Waals surface area contributed by atoms with Gasteiger partial charge in [-0.2, -0.15) is 5.10 Å². The zero-order valence-electron chi connectivity index (χ0n) is 16.3. The van der Waals surface area contributed by atoms with E-state index in [-0.39, 0.29) is 11.7 Å². The minimum atomic E-state index is -0.311. The molecular weight excluding hydrogens is 357 g/mol. The quantitative estimate of drug-likeness (QED) is 0.628. The highest BCUT2D eigenvalue weighted by Gasteiger charge is 2.18. The van der Waals surface area contributed by atoms with Crippen molar-refractivity contribution < 1.29 is 13.9 Å². The van der Waals surface area contributed by atoms with Gasteiger partial charge in [-0.1, -0.05) is 12.1 Å². The summed E-state index contributed by atoms with van der Waals surface area (Å²) >= 11 is 0. The summed E-state index contributed by atoms with van der Waals surface area (Å²) in [6, 6.07) is 13.8. The normalized spacial score (nSPS) is 10.9. The van der Waals surface area contributed by atoms with Gasteiger partial charge in [-0.3, -0.25) is 4.79 Å². The van der Waals surface area contributed by atoms with E-state index >= 15 is 0 Å². The van der Waals surface area contributed by atoms with E-state index in [0.717, 1.165) is 28.8 Å². The van der Waals surface area contributed by atoms with Crippen molar-refractivity contribution in [1.29, 1.82) is 0 Å². The fourth-order valence-corrected chi connectivity index (χ4v) is 2.94. The summed E-state index contributed by atoms with van der Waals surface area (Å²) in [5.74, 6) is -0.522. The summed E-state index contributed by atoms with van der Waals surface area (Å²) in [6.07, 6.45) is 0.727. The van der Waals surface area contributed by atoms with E-state index in [1.807, 2.05) is 32.0 Å². The van der Waals surface area contributed by atoms with E-state index in [0.29, 0.717) is 24.5 Å². The van der Waals surface area contributed by atoms with Crippen LogP contribution in [0.2, 0.25) is 0 Å². The summed E-state index contributed by atoms with van der Waals surface area (Å²) in [4.78, 5) is 12.8. The lowest BCUT2D eigenvalue weighted by atomic mass is 10.1. The number of hydrogen-bond acceptors (Lipinski definition) is 3. The first-order valence-corrected chi connectivity index (χ1v) is 9.20. The van der Waals surface area contributed by atoms with Gasteiger partial charge in [-0.05, 0) is 67.8 Å². The number of amides is 1. The molecule has 0 aliphatic carbocycles. The van der Waals surface area contributed by atoms with Crippen molar-refractivity contribution >= 4 is 5.91 Å². The Morgan fingerprint density at radius 3 is 2.61 bits per heavy atom. The Bertz CT molecular complexity index is 964. The first-order valence-electron chi connectivity index (χ1n) is 9.20. The second kappa shape index (κ2) is 8.80. The smallest absolute Gasteiger partial charge is 0.270 e. The Balaban J connectivity index is 2.01. The lowest BCUT2D eigenvalue weighted by Gasteiger charge is -2.11. The number of carbonyl (C=O) groups excluding carboxylic acids is 1. The predicted octanol–water partition coefficient (Wildman–Crippen LogP) is 4.06. The maximum absolute atomic E-state index is 13.3. The lowest BCUT2D eigenvalue weighted by Crippen LogP contribution is -2.27. The van der Waals surface area contributed by atoms with Crippen LogP contribution in [0.5, 0.6) is 0 Å². The van der Waals surface area contributed by atoms with Crippen LogP contribution in [0.4, 0.5) is 4.39 Å². The van der Waals surface area contributed by atoms with Crippen LogP contribution in [0, 0.1) is 19.7 Å². The van der Waals surface area contributed by atoms with Crippen LogP contribution in [0.3, 0.4) is 0 Å². The molecule has 0 aliphatic rings. The molecular formula is C22H24FN3O2. The molecule has 3 aromatic rings. The number of ether oxygens (including phenoxy) is 1. The molecule has 1 amide bonds. The monoisotopic (exact) mass is 381 g/mol. The average Bonchev–Trinajstić information content (AvgIpc) is 3.13. The third-order valence-electron chi connectivity index (χ3n) is 4.49. The van der Waals surface area contributed by atoms with Crippen molar-refractivity contribution in [2.75, 3.05) is 20.3 Å². The summed E-state index contributed by atoms with van der Waals surface area (Å²) in [5.41, 5.74) is 4.72. The molecule has 0 radical (unpaired) electrons. The SMILES string of the molecule is COCCCNC(=O)c1cc(-c2ccc(F)cc2)nn1-c1cc(C)ccc1C. The van der Waals surface area contributed by atoms with Crippen LogP contribution in [0.1, 0.15) is 28.0 Å². The number of rotatable bonds is 7. The second-order valence-electron chi connectivity index (χ2n) is 6.73. The second-order valence-corrected chi connectivity index (χ2v) is 6.73. The number of benzene rings is 2. The molecule has 0 bridgehead atoms. The number of halogens is 1. The maximum atomic E-state index is 13.3. The van der Waals surface area contributed by atoms with Gasteiger partial charge in [-0.15, -0.1) is 0 Å². The van der Waals surface area contributed by atoms with Crippen LogP contribution in [-0.2, 0) is 4.74 Å². The molecule has 28 heavy (non-hydrogen) atoms. The van der Waals surface area contributed by atoms with E-state index < -0.39 is 0 Å². The fraction of sp³-hybridized carbons (Fsp3) is 0.273. The standard InChI is InChI=1S/C22H24FN3O2/c1-15-5-6-16(2)20(13-15)26-21(22(27)24-11-4-12-28-3)14-19(25-26)17-7-9-18(23)10-8-17/h5-10,13-14H,4,11-12H2,1-3H3,(H,24,27). The molecule has 0 saturated heterocycles. The zero-order valence-corrected chi connectivity index (χ0v) is 16.3. The molecule has 0 atom stereocenters. The number of nitrogens with zero attached hydrogens (tertiary/aromatic N) is 2. The molecule has 0 fully saturated rings. The Morgan fingerprint density at radius 1 is 1.14 bits per heavy atom. The number of aromatic nitrogens is 2. The van der Waals surface area contributed by atoms with Gasteiger partial charge in [0.2, 0.25) is 0 Å². The maximum Gasteiger partial charge on any atom is 0.270 e. The first-order chi connectivity index (χ1) is 13.5. The van der Waals surface area contributed by atoms with Gasteiger partial charge in [0.05, 0.1) is 11.4 Å². The van der Waals surface area contributed by atoms with Crippen LogP contribution >= 0.6 is 0 Å². The third kappa shape index (κ3) is 4.46. The molecule has 1 N–H and O–H groups in total. The number of aryl methyl sites for hydroxylation is 2. The van der Waals surface area contributed by atoms with Crippen molar-refractivity contribution in [2.45, 2.75) is 20.3 Å².